The van der Waals surface area contributed by atoms with E-state index in [-0.39, 0.29) is 21.4 Å². The number of nitrogens with one attached hydrogen (secondary N) is 1. The highest BCUT2D eigenvalue weighted by molar-refractivity contribution is 7.92. The van der Waals surface area contributed by atoms with Crippen LogP contribution < -0.4 is 9.62 Å². The van der Waals surface area contributed by atoms with E-state index in [1.165, 1.54) is 18.2 Å². The van der Waals surface area contributed by atoms with Crippen molar-refractivity contribution in [2.45, 2.75) is 6.18 Å². The van der Waals surface area contributed by atoms with Gasteiger partial charge in [0.2, 0.25) is 15.9 Å². The number of hydrogen-bond donors (Lipinski definition) is 1. The number of hydrogen-bond acceptors (Lipinski definition) is 3. The van der Waals surface area contributed by atoms with Crippen molar-refractivity contribution in [2.24, 2.45) is 0 Å². The van der Waals surface area contributed by atoms with Gasteiger partial charge in [-0.3, -0.25) is 9.10 Å². The molecular formula is C16H13Cl2F3N2O3S. The molecule has 0 bridgehead atoms. The molecule has 11 heteroatoms. The molecule has 0 aliphatic heterocycles. The Morgan fingerprint density at radius 1 is 1.07 bits per heavy atom. The second-order valence-electron chi connectivity index (χ2n) is 5.49. The molecular weight excluding hydrogens is 428 g/mol. The van der Waals surface area contributed by atoms with Gasteiger partial charge in [0.15, 0.2) is 0 Å². The van der Waals surface area contributed by atoms with Gasteiger partial charge in [-0.25, -0.2) is 8.42 Å². The fourth-order valence-electron chi connectivity index (χ4n) is 2.12. The lowest BCUT2D eigenvalue weighted by atomic mass is 10.2. The summed E-state index contributed by atoms with van der Waals surface area (Å²) in [5.74, 6) is -0.710. The average Bonchev–Trinajstić information content (AvgIpc) is 2.54. The van der Waals surface area contributed by atoms with E-state index in [1.807, 2.05) is 0 Å². The van der Waals surface area contributed by atoms with Crippen LogP contribution in [0.5, 0.6) is 0 Å². The second kappa shape index (κ2) is 7.95. The first kappa shape index (κ1) is 21.3. The first-order chi connectivity index (χ1) is 12.4. The predicted octanol–water partition coefficient (Wildman–Crippen LogP) is 4.42. The van der Waals surface area contributed by atoms with E-state index in [9.17, 15) is 26.4 Å². The summed E-state index contributed by atoms with van der Waals surface area (Å²) in [6.45, 7) is -0.634. The zero-order valence-electron chi connectivity index (χ0n) is 13.7. The van der Waals surface area contributed by atoms with Crippen molar-refractivity contribution in [3.63, 3.8) is 0 Å². The van der Waals surface area contributed by atoms with Gasteiger partial charge in [-0.15, -0.1) is 0 Å². The molecule has 0 atom stereocenters. The van der Waals surface area contributed by atoms with Crippen LogP contribution in [0, 0.1) is 0 Å². The summed E-state index contributed by atoms with van der Waals surface area (Å²) in [4.78, 5) is 12.2. The van der Waals surface area contributed by atoms with Crippen LogP contribution in [0.4, 0.5) is 24.5 Å². The van der Waals surface area contributed by atoms with E-state index >= 15 is 0 Å². The maximum absolute atomic E-state index is 12.7. The van der Waals surface area contributed by atoms with Crippen LogP contribution in [0.15, 0.2) is 42.5 Å². The SMILES string of the molecule is CS(=O)(=O)N(CC(=O)Nc1ccc(Cl)c(Cl)c1)c1ccc(C(F)(F)F)cc1. The molecule has 0 radical (unpaired) electrons. The molecule has 2 rings (SSSR count). The van der Waals surface area contributed by atoms with Crippen LogP contribution in [0.2, 0.25) is 10.0 Å². The predicted molar refractivity (Wildman–Crippen MR) is 98.7 cm³/mol. The maximum Gasteiger partial charge on any atom is 0.416 e. The number of anilines is 2. The Morgan fingerprint density at radius 3 is 2.15 bits per heavy atom. The van der Waals surface area contributed by atoms with Crippen molar-refractivity contribution < 1.29 is 26.4 Å². The number of carbonyl (C=O) groups is 1. The Hall–Kier alpha value is -1.97. The van der Waals surface area contributed by atoms with Gasteiger partial charge in [0.25, 0.3) is 0 Å². The molecule has 0 aromatic heterocycles. The van der Waals surface area contributed by atoms with E-state index in [1.54, 1.807) is 0 Å². The smallest absolute Gasteiger partial charge is 0.324 e. The fourth-order valence-corrected chi connectivity index (χ4v) is 3.28. The van der Waals surface area contributed by atoms with Crippen LogP contribution >= 0.6 is 23.2 Å². The third kappa shape index (κ3) is 5.75. The lowest BCUT2D eigenvalue weighted by Gasteiger charge is -2.22. The molecule has 1 amide bonds. The lowest BCUT2D eigenvalue weighted by Crippen LogP contribution is -2.37. The van der Waals surface area contributed by atoms with Gasteiger partial charge in [0.05, 0.1) is 27.6 Å². The Labute approximate surface area is 163 Å². The molecule has 2 aromatic carbocycles. The average molecular weight is 441 g/mol. The molecule has 146 valence electrons. The molecule has 0 aliphatic carbocycles. The number of sulfonamides is 1. The molecule has 0 aliphatic rings. The summed E-state index contributed by atoms with van der Waals surface area (Å²) < 4.78 is 62.6. The first-order valence-electron chi connectivity index (χ1n) is 7.28. The molecule has 1 N–H and O–H groups in total. The number of rotatable bonds is 5. The van der Waals surface area contributed by atoms with Gasteiger partial charge in [-0.2, -0.15) is 13.2 Å². The molecule has 0 heterocycles. The van der Waals surface area contributed by atoms with E-state index in [0.717, 1.165) is 30.5 Å². The highest BCUT2D eigenvalue weighted by Gasteiger charge is 2.30. The number of benzene rings is 2. The Kier molecular flexibility index (Phi) is 6.28. The zero-order chi connectivity index (χ0) is 20.4. The number of amides is 1. The van der Waals surface area contributed by atoms with Gasteiger partial charge in [0, 0.05) is 5.69 Å². The van der Waals surface area contributed by atoms with Crippen molar-refractivity contribution in [1.29, 1.82) is 0 Å². The second-order valence-corrected chi connectivity index (χ2v) is 8.21. The Bertz CT molecular complexity index is 948. The Balaban J connectivity index is 2.22. The van der Waals surface area contributed by atoms with E-state index in [2.05, 4.69) is 5.32 Å². The Morgan fingerprint density at radius 2 is 1.67 bits per heavy atom. The molecule has 0 saturated heterocycles. The number of alkyl halides is 3. The van der Waals surface area contributed by atoms with Gasteiger partial charge in [-0.05, 0) is 42.5 Å². The molecule has 0 saturated carbocycles. The van der Waals surface area contributed by atoms with Crippen molar-refractivity contribution in [1.82, 2.24) is 0 Å². The highest BCUT2D eigenvalue weighted by Crippen LogP contribution is 2.31. The molecule has 5 nitrogen and oxygen atoms in total. The highest BCUT2D eigenvalue weighted by atomic mass is 35.5. The number of carbonyl (C=O) groups excluding carboxylic acids is 1. The molecule has 0 unspecified atom stereocenters. The fraction of sp³-hybridized carbons (Fsp3) is 0.188. The minimum Gasteiger partial charge on any atom is -0.324 e. The minimum absolute atomic E-state index is 0.0743. The molecule has 2 aromatic rings. The summed E-state index contributed by atoms with van der Waals surface area (Å²) in [5.41, 5.74) is -0.718. The monoisotopic (exact) mass is 440 g/mol. The topological polar surface area (TPSA) is 66.5 Å². The quantitative estimate of drug-likeness (QED) is 0.748. The molecule has 0 fully saturated rings. The summed E-state index contributed by atoms with van der Waals surface area (Å²) in [5, 5.41) is 2.92. The van der Waals surface area contributed by atoms with E-state index in [0.29, 0.717) is 4.31 Å². The van der Waals surface area contributed by atoms with Crippen molar-refractivity contribution >= 4 is 50.5 Å². The standard InChI is InChI=1S/C16H13Cl2F3N2O3S/c1-27(25,26)23(12-5-2-10(3-6-12)16(19,20)21)9-15(24)22-11-4-7-13(17)14(18)8-11/h2-8H,9H2,1H3,(H,22,24). The summed E-state index contributed by atoms with van der Waals surface area (Å²) >= 11 is 11.6. The first-order valence-corrected chi connectivity index (χ1v) is 9.88. The van der Waals surface area contributed by atoms with Crippen LogP contribution in [0.3, 0.4) is 0 Å². The van der Waals surface area contributed by atoms with Crippen LogP contribution in [-0.4, -0.2) is 27.1 Å². The number of nitrogens with zero attached hydrogens (tertiary/aromatic N) is 1. The molecule has 27 heavy (non-hydrogen) atoms. The summed E-state index contributed by atoms with van der Waals surface area (Å²) in [7, 11) is -3.92. The minimum atomic E-state index is -4.56. The van der Waals surface area contributed by atoms with E-state index < -0.39 is 34.2 Å². The van der Waals surface area contributed by atoms with Crippen molar-refractivity contribution in [3.8, 4) is 0 Å². The van der Waals surface area contributed by atoms with Gasteiger partial charge >= 0.3 is 6.18 Å². The van der Waals surface area contributed by atoms with Crippen LogP contribution in [0.25, 0.3) is 0 Å². The third-order valence-corrected chi connectivity index (χ3v) is 5.25. The summed E-state index contributed by atoms with van der Waals surface area (Å²) in [6, 6.07) is 7.74. The largest absolute Gasteiger partial charge is 0.416 e. The van der Waals surface area contributed by atoms with Gasteiger partial charge in [0.1, 0.15) is 6.54 Å². The zero-order valence-corrected chi connectivity index (χ0v) is 16.0. The molecule has 0 spiro atoms. The maximum atomic E-state index is 12.7. The van der Waals surface area contributed by atoms with Crippen molar-refractivity contribution in [3.05, 3.63) is 58.1 Å². The van der Waals surface area contributed by atoms with Gasteiger partial charge < -0.3 is 5.32 Å². The number of halogens is 5. The van der Waals surface area contributed by atoms with Crippen molar-refractivity contribution in [2.75, 3.05) is 22.4 Å². The van der Waals surface area contributed by atoms with Gasteiger partial charge in [-0.1, -0.05) is 23.2 Å². The third-order valence-electron chi connectivity index (χ3n) is 3.37. The normalized spacial score (nSPS) is 11.9. The summed E-state index contributed by atoms with van der Waals surface area (Å²) in [6.07, 6.45) is -3.71. The van der Waals surface area contributed by atoms with Crippen LogP contribution in [0.1, 0.15) is 5.56 Å². The van der Waals surface area contributed by atoms with E-state index in [4.69, 9.17) is 23.2 Å². The lowest BCUT2D eigenvalue weighted by molar-refractivity contribution is -0.137. The van der Waals surface area contributed by atoms with Crippen LogP contribution in [-0.2, 0) is 21.0 Å².